The summed E-state index contributed by atoms with van der Waals surface area (Å²) >= 11 is 0. The summed E-state index contributed by atoms with van der Waals surface area (Å²) in [7, 11) is 1.64. The van der Waals surface area contributed by atoms with E-state index in [-0.39, 0.29) is 5.91 Å². The van der Waals surface area contributed by atoms with E-state index in [4.69, 9.17) is 0 Å². The lowest BCUT2D eigenvalue weighted by Crippen LogP contribution is -2.18. The fourth-order valence-corrected chi connectivity index (χ4v) is 1.87. The average molecular weight is 237 g/mol. The highest BCUT2D eigenvalue weighted by Gasteiger charge is 2.10. The molecule has 0 spiro atoms. The van der Waals surface area contributed by atoms with Gasteiger partial charge in [0.1, 0.15) is 0 Å². The van der Waals surface area contributed by atoms with E-state index >= 15 is 0 Å². The molecule has 18 heavy (non-hydrogen) atoms. The van der Waals surface area contributed by atoms with E-state index in [9.17, 15) is 4.79 Å². The van der Waals surface area contributed by atoms with Crippen LogP contribution in [0.1, 0.15) is 15.9 Å². The van der Waals surface area contributed by atoms with Gasteiger partial charge in [-0.25, -0.2) is 0 Å². The normalized spacial score (nSPS) is 9.83. The number of nitrogens with one attached hydrogen (secondary N) is 1. The molecule has 0 aromatic heterocycles. The van der Waals surface area contributed by atoms with E-state index in [0.29, 0.717) is 5.56 Å². The molecule has 2 aromatic carbocycles. The lowest BCUT2D eigenvalue weighted by Gasteiger charge is -2.08. The molecule has 1 amide bonds. The molecule has 2 nitrogen and oxygen atoms in total. The minimum atomic E-state index is -0.0709. The number of carbonyl (C=O) groups is 1. The Hall–Kier alpha value is -2.35. The standard InChI is InChI=1S/C16H15NO/c1-3-12-8-10-13(11-9-12)14-6-4-5-7-15(14)16(18)17-2/h3-11H,1H2,2H3,(H,17,18). The van der Waals surface area contributed by atoms with Crippen LogP contribution >= 0.6 is 0 Å². The molecule has 0 saturated heterocycles. The maximum Gasteiger partial charge on any atom is 0.251 e. The lowest BCUT2D eigenvalue weighted by atomic mass is 9.98. The minimum absolute atomic E-state index is 0.0709. The fourth-order valence-electron chi connectivity index (χ4n) is 1.87. The van der Waals surface area contributed by atoms with Gasteiger partial charge in [0, 0.05) is 12.6 Å². The minimum Gasteiger partial charge on any atom is -0.355 e. The number of amides is 1. The number of benzene rings is 2. The van der Waals surface area contributed by atoms with Crippen molar-refractivity contribution in [3.63, 3.8) is 0 Å². The molecule has 0 atom stereocenters. The second-order valence-electron chi connectivity index (χ2n) is 3.95. The number of hydrogen-bond donors (Lipinski definition) is 1. The molecule has 0 bridgehead atoms. The number of carbonyl (C=O) groups excluding carboxylic acids is 1. The average Bonchev–Trinajstić information content (AvgIpc) is 2.46. The molecule has 1 N–H and O–H groups in total. The van der Waals surface area contributed by atoms with E-state index < -0.39 is 0 Å². The van der Waals surface area contributed by atoms with Crippen LogP contribution in [0.2, 0.25) is 0 Å². The maximum atomic E-state index is 11.8. The van der Waals surface area contributed by atoms with Crippen LogP contribution in [0.5, 0.6) is 0 Å². The van der Waals surface area contributed by atoms with Crippen molar-refractivity contribution in [2.24, 2.45) is 0 Å². The van der Waals surface area contributed by atoms with Crippen molar-refractivity contribution in [3.8, 4) is 11.1 Å². The summed E-state index contributed by atoms with van der Waals surface area (Å²) in [5.74, 6) is -0.0709. The van der Waals surface area contributed by atoms with Gasteiger partial charge in [-0.2, -0.15) is 0 Å². The van der Waals surface area contributed by atoms with Crippen molar-refractivity contribution in [2.75, 3.05) is 7.05 Å². The lowest BCUT2D eigenvalue weighted by molar-refractivity contribution is 0.0963. The smallest absolute Gasteiger partial charge is 0.251 e. The highest BCUT2D eigenvalue weighted by Crippen LogP contribution is 2.24. The first-order chi connectivity index (χ1) is 8.76. The van der Waals surface area contributed by atoms with Gasteiger partial charge in [-0.15, -0.1) is 0 Å². The zero-order valence-corrected chi connectivity index (χ0v) is 10.3. The van der Waals surface area contributed by atoms with E-state index in [0.717, 1.165) is 16.7 Å². The van der Waals surface area contributed by atoms with Crippen LogP contribution in [0, 0.1) is 0 Å². The number of hydrogen-bond acceptors (Lipinski definition) is 1. The Morgan fingerprint density at radius 3 is 2.39 bits per heavy atom. The highest BCUT2D eigenvalue weighted by atomic mass is 16.1. The molecule has 0 radical (unpaired) electrons. The first-order valence-corrected chi connectivity index (χ1v) is 5.80. The predicted octanol–water partition coefficient (Wildman–Crippen LogP) is 3.36. The quantitative estimate of drug-likeness (QED) is 0.871. The summed E-state index contributed by atoms with van der Waals surface area (Å²) in [4.78, 5) is 11.8. The van der Waals surface area contributed by atoms with Gasteiger partial charge in [0.25, 0.3) is 5.91 Å². The Kier molecular flexibility index (Phi) is 3.58. The molecule has 0 fully saturated rings. The molecule has 0 unspecified atom stereocenters. The van der Waals surface area contributed by atoms with Crippen LogP contribution < -0.4 is 5.32 Å². The first kappa shape index (κ1) is 12.1. The molecule has 0 aliphatic carbocycles. The van der Waals surface area contributed by atoms with Crippen LogP contribution in [0.15, 0.2) is 55.1 Å². The molecular weight excluding hydrogens is 222 g/mol. The van der Waals surface area contributed by atoms with Crippen LogP contribution in [-0.2, 0) is 0 Å². The van der Waals surface area contributed by atoms with Gasteiger partial charge >= 0.3 is 0 Å². The van der Waals surface area contributed by atoms with Gasteiger partial charge in [-0.05, 0) is 22.8 Å². The number of rotatable bonds is 3. The van der Waals surface area contributed by atoms with Crippen molar-refractivity contribution in [3.05, 3.63) is 66.2 Å². The zero-order chi connectivity index (χ0) is 13.0. The van der Waals surface area contributed by atoms with Gasteiger partial charge in [-0.3, -0.25) is 4.79 Å². The Bertz CT molecular complexity index is 570. The molecule has 0 aliphatic heterocycles. The molecule has 0 aliphatic rings. The monoisotopic (exact) mass is 237 g/mol. The van der Waals surface area contributed by atoms with E-state index in [1.807, 2.05) is 48.5 Å². The first-order valence-electron chi connectivity index (χ1n) is 5.80. The molecule has 0 heterocycles. The molecule has 2 heteroatoms. The van der Waals surface area contributed by atoms with Crippen molar-refractivity contribution in [1.29, 1.82) is 0 Å². The van der Waals surface area contributed by atoms with Gasteiger partial charge in [0.2, 0.25) is 0 Å². The topological polar surface area (TPSA) is 29.1 Å². The SMILES string of the molecule is C=Cc1ccc(-c2ccccc2C(=O)NC)cc1. The van der Waals surface area contributed by atoms with Crippen LogP contribution in [0.25, 0.3) is 17.2 Å². The molecule has 2 aromatic rings. The molecule has 2 rings (SSSR count). The zero-order valence-electron chi connectivity index (χ0n) is 10.3. The summed E-state index contributed by atoms with van der Waals surface area (Å²) in [6, 6.07) is 15.6. The highest BCUT2D eigenvalue weighted by molar-refractivity contribution is 6.00. The van der Waals surface area contributed by atoms with Crippen LogP contribution in [-0.4, -0.2) is 13.0 Å². The van der Waals surface area contributed by atoms with E-state index in [1.165, 1.54) is 0 Å². The van der Waals surface area contributed by atoms with E-state index in [1.54, 1.807) is 13.1 Å². The molecular formula is C16H15NO. The van der Waals surface area contributed by atoms with Crippen LogP contribution in [0.4, 0.5) is 0 Å². The Labute approximate surface area is 107 Å². The van der Waals surface area contributed by atoms with Crippen molar-refractivity contribution < 1.29 is 4.79 Å². The summed E-state index contributed by atoms with van der Waals surface area (Å²) < 4.78 is 0. The second-order valence-corrected chi connectivity index (χ2v) is 3.95. The third kappa shape index (κ3) is 2.33. The van der Waals surface area contributed by atoms with Gasteiger partial charge in [-0.1, -0.05) is 55.1 Å². The Morgan fingerprint density at radius 1 is 1.11 bits per heavy atom. The maximum absolute atomic E-state index is 11.8. The van der Waals surface area contributed by atoms with Crippen LogP contribution in [0.3, 0.4) is 0 Å². The van der Waals surface area contributed by atoms with Gasteiger partial charge in [0.15, 0.2) is 0 Å². The fraction of sp³-hybridized carbons (Fsp3) is 0.0625. The second kappa shape index (κ2) is 5.32. The van der Waals surface area contributed by atoms with Gasteiger partial charge < -0.3 is 5.32 Å². The van der Waals surface area contributed by atoms with Gasteiger partial charge in [0.05, 0.1) is 0 Å². The Balaban J connectivity index is 2.49. The largest absolute Gasteiger partial charge is 0.355 e. The van der Waals surface area contributed by atoms with Crippen molar-refractivity contribution >= 4 is 12.0 Å². The van der Waals surface area contributed by atoms with Crippen molar-refractivity contribution in [1.82, 2.24) is 5.32 Å². The molecule has 0 saturated carbocycles. The third-order valence-corrected chi connectivity index (χ3v) is 2.86. The third-order valence-electron chi connectivity index (χ3n) is 2.86. The summed E-state index contributed by atoms with van der Waals surface area (Å²) in [5, 5.41) is 2.66. The predicted molar refractivity (Wildman–Crippen MR) is 75.4 cm³/mol. The Morgan fingerprint density at radius 2 is 1.78 bits per heavy atom. The van der Waals surface area contributed by atoms with E-state index in [2.05, 4.69) is 11.9 Å². The summed E-state index contributed by atoms with van der Waals surface area (Å²) in [5.41, 5.74) is 3.72. The summed E-state index contributed by atoms with van der Waals surface area (Å²) in [6.45, 7) is 3.73. The van der Waals surface area contributed by atoms with Crippen molar-refractivity contribution in [2.45, 2.75) is 0 Å². The summed E-state index contributed by atoms with van der Waals surface area (Å²) in [6.07, 6.45) is 1.80. The molecule has 90 valence electrons.